The van der Waals surface area contributed by atoms with Crippen LogP contribution in [-0.4, -0.2) is 44.7 Å². The van der Waals surface area contributed by atoms with E-state index in [9.17, 15) is 14.4 Å². The molecule has 3 N–H and O–H groups in total. The largest absolute Gasteiger partial charge is 0.481 e. The average Bonchev–Trinajstić information content (AvgIpc) is 2.16. The number of hydrogen-bond acceptors (Lipinski definition) is 4. The van der Waals surface area contributed by atoms with Crippen LogP contribution in [0.25, 0.3) is 0 Å². The number of carbonyl (C=O) groups is 3. The van der Waals surface area contributed by atoms with E-state index in [1.165, 1.54) is 0 Å². The molecule has 1 aliphatic heterocycles. The maximum atomic E-state index is 11.0. The Balaban J connectivity index is 3.16. The molecule has 6 nitrogen and oxygen atoms in total. The first-order valence-electron chi connectivity index (χ1n) is 4.20. The Morgan fingerprint density at radius 1 is 1.13 bits per heavy atom. The number of carboxylic acid groups (broad SMARTS) is 3. The van der Waals surface area contributed by atoms with Gasteiger partial charge in [-0.2, -0.15) is 11.8 Å². The lowest BCUT2D eigenvalue weighted by Crippen LogP contribution is -2.52. The van der Waals surface area contributed by atoms with E-state index in [0.717, 1.165) is 11.8 Å². The molecule has 0 amide bonds. The van der Waals surface area contributed by atoms with E-state index in [1.54, 1.807) is 0 Å². The molecule has 15 heavy (non-hydrogen) atoms. The third-order valence-corrected chi connectivity index (χ3v) is 3.72. The van der Waals surface area contributed by atoms with Crippen LogP contribution in [0.1, 0.15) is 6.42 Å². The summed E-state index contributed by atoms with van der Waals surface area (Å²) in [6.07, 6.45) is 0.0681. The van der Waals surface area contributed by atoms with E-state index in [0.29, 0.717) is 5.75 Å². The highest BCUT2D eigenvalue weighted by Gasteiger charge is 2.57. The van der Waals surface area contributed by atoms with Gasteiger partial charge in [0.15, 0.2) is 5.41 Å². The van der Waals surface area contributed by atoms with E-state index in [4.69, 9.17) is 15.3 Å². The van der Waals surface area contributed by atoms with E-state index >= 15 is 0 Å². The van der Waals surface area contributed by atoms with Gasteiger partial charge in [-0.15, -0.1) is 0 Å². The minimum Gasteiger partial charge on any atom is -0.481 e. The zero-order chi connectivity index (χ0) is 11.6. The van der Waals surface area contributed by atoms with E-state index < -0.39 is 29.2 Å². The Bertz CT molecular complexity index is 298. The van der Waals surface area contributed by atoms with Crippen molar-refractivity contribution in [1.29, 1.82) is 0 Å². The summed E-state index contributed by atoms with van der Waals surface area (Å²) >= 11 is 1.15. The summed E-state index contributed by atoms with van der Waals surface area (Å²) in [5.74, 6) is -5.59. The fourth-order valence-corrected chi connectivity index (χ4v) is 2.95. The molecule has 1 rings (SSSR count). The Morgan fingerprint density at radius 3 is 2.00 bits per heavy atom. The third kappa shape index (κ3) is 1.79. The highest BCUT2D eigenvalue weighted by atomic mass is 32.2. The standard InChI is InChI=1S/C8H10O6S/c9-5(10)4-1-2-15-3-8(4,6(11)12)7(13)14/h4H,1-3H2,(H,9,10)(H,11,12)(H,13,14). The zero-order valence-electron chi connectivity index (χ0n) is 7.67. The van der Waals surface area contributed by atoms with Gasteiger partial charge < -0.3 is 15.3 Å². The first-order valence-corrected chi connectivity index (χ1v) is 5.35. The monoisotopic (exact) mass is 234 g/mol. The van der Waals surface area contributed by atoms with Crippen LogP contribution in [0.15, 0.2) is 0 Å². The van der Waals surface area contributed by atoms with Gasteiger partial charge in [0.05, 0.1) is 5.92 Å². The summed E-state index contributed by atoms with van der Waals surface area (Å²) in [6.45, 7) is 0. The second-order valence-corrected chi connectivity index (χ2v) is 4.42. The number of carboxylic acids is 3. The highest BCUT2D eigenvalue weighted by molar-refractivity contribution is 7.99. The smallest absolute Gasteiger partial charge is 0.322 e. The second kappa shape index (κ2) is 4.09. The lowest BCUT2D eigenvalue weighted by Gasteiger charge is -2.34. The molecule has 0 aromatic rings. The molecule has 0 saturated carbocycles. The van der Waals surface area contributed by atoms with Crippen molar-refractivity contribution in [3.8, 4) is 0 Å². The van der Waals surface area contributed by atoms with Crippen LogP contribution in [0.4, 0.5) is 0 Å². The zero-order valence-corrected chi connectivity index (χ0v) is 8.49. The molecule has 0 aromatic heterocycles. The molecule has 1 unspecified atom stereocenters. The number of rotatable bonds is 3. The van der Waals surface area contributed by atoms with Crippen LogP contribution in [0.2, 0.25) is 0 Å². The molecule has 1 atom stereocenters. The van der Waals surface area contributed by atoms with Crippen molar-refractivity contribution in [1.82, 2.24) is 0 Å². The van der Waals surface area contributed by atoms with Crippen molar-refractivity contribution >= 4 is 29.7 Å². The van der Waals surface area contributed by atoms with Crippen LogP contribution >= 0.6 is 11.8 Å². The topological polar surface area (TPSA) is 112 Å². The summed E-state index contributed by atoms with van der Waals surface area (Å²) in [5.41, 5.74) is -2.19. The first-order chi connectivity index (χ1) is 6.93. The number of aliphatic carboxylic acids is 3. The first kappa shape index (κ1) is 11.8. The Kier molecular flexibility index (Phi) is 3.23. The molecule has 0 radical (unpaired) electrons. The molecule has 84 valence electrons. The summed E-state index contributed by atoms with van der Waals surface area (Å²) in [7, 11) is 0. The van der Waals surface area contributed by atoms with E-state index in [-0.39, 0.29) is 12.2 Å². The number of thioether (sulfide) groups is 1. The minimum absolute atomic E-state index is 0.0681. The van der Waals surface area contributed by atoms with Gasteiger partial charge in [0.1, 0.15) is 0 Å². The second-order valence-electron chi connectivity index (χ2n) is 3.31. The normalized spacial score (nSPS) is 24.4. The average molecular weight is 234 g/mol. The predicted molar refractivity (Wildman–Crippen MR) is 50.8 cm³/mol. The SMILES string of the molecule is O=C(O)C1CCSCC1(C(=O)O)C(=O)O. The third-order valence-electron chi connectivity index (χ3n) is 2.54. The maximum absolute atomic E-state index is 11.0. The molecular formula is C8H10O6S. The van der Waals surface area contributed by atoms with Gasteiger partial charge in [-0.1, -0.05) is 0 Å². The van der Waals surface area contributed by atoms with Crippen LogP contribution in [-0.2, 0) is 14.4 Å². The van der Waals surface area contributed by atoms with E-state index in [1.807, 2.05) is 0 Å². The van der Waals surface area contributed by atoms with Gasteiger partial charge in [0, 0.05) is 5.75 Å². The van der Waals surface area contributed by atoms with Crippen LogP contribution < -0.4 is 0 Å². The number of hydrogen-bond donors (Lipinski definition) is 3. The van der Waals surface area contributed by atoms with Gasteiger partial charge in [-0.3, -0.25) is 14.4 Å². The fraction of sp³-hybridized carbons (Fsp3) is 0.625. The highest BCUT2D eigenvalue weighted by Crippen LogP contribution is 2.40. The molecule has 1 saturated heterocycles. The molecule has 0 aliphatic carbocycles. The molecule has 0 bridgehead atoms. The van der Waals surface area contributed by atoms with Gasteiger partial charge >= 0.3 is 17.9 Å². The quantitative estimate of drug-likeness (QED) is 0.588. The van der Waals surface area contributed by atoms with Gasteiger partial charge in [0.25, 0.3) is 0 Å². The van der Waals surface area contributed by atoms with Gasteiger partial charge in [0.2, 0.25) is 0 Å². The summed E-state index contributed by atoms with van der Waals surface area (Å²) < 4.78 is 0. The molecule has 0 aromatic carbocycles. The molecule has 1 heterocycles. The minimum atomic E-state index is -2.19. The van der Waals surface area contributed by atoms with Gasteiger partial charge in [-0.05, 0) is 12.2 Å². The molecule has 1 fully saturated rings. The van der Waals surface area contributed by atoms with Crippen molar-refractivity contribution in [2.24, 2.45) is 11.3 Å². The van der Waals surface area contributed by atoms with Crippen molar-refractivity contribution in [3.63, 3.8) is 0 Å². The Hall–Kier alpha value is -1.24. The lowest BCUT2D eigenvalue weighted by molar-refractivity contribution is -0.174. The maximum Gasteiger partial charge on any atom is 0.322 e. The van der Waals surface area contributed by atoms with Crippen LogP contribution in [0, 0.1) is 11.3 Å². The molecule has 0 spiro atoms. The summed E-state index contributed by atoms with van der Waals surface area (Å²) in [6, 6.07) is 0. The summed E-state index contributed by atoms with van der Waals surface area (Å²) in [4.78, 5) is 32.8. The van der Waals surface area contributed by atoms with Crippen LogP contribution in [0.5, 0.6) is 0 Å². The van der Waals surface area contributed by atoms with Crippen molar-refractivity contribution in [2.75, 3.05) is 11.5 Å². The fourth-order valence-electron chi connectivity index (χ4n) is 1.63. The molecular weight excluding hydrogens is 224 g/mol. The van der Waals surface area contributed by atoms with Gasteiger partial charge in [-0.25, -0.2) is 0 Å². The van der Waals surface area contributed by atoms with E-state index in [2.05, 4.69) is 0 Å². The molecule has 7 heteroatoms. The summed E-state index contributed by atoms with van der Waals surface area (Å²) in [5, 5.41) is 26.7. The molecule has 1 aliphatic rings. The lowest BCUT2D eigenvalue weighted by atomic mass is 9.75. The Morgan fingerprint density at radius 2 is 1.67 bits per heavy atom. The van der Waals surface area contributed by atoms with Crippen molar-refractivity contribution < 1.29 is 29.7 Å². The van der Waals surface area contributed by atoms with Crippen molar-refractivity contribution in [2.45, 2.75) is 6.42 Å². The Labute approximate surface area is 89.3 Å². The predicted octanol–water partition coefficient (Wildman–Crippen LogP) is -0.0203. The van der Waals surface area contributed by atoms with Crippen molar-refractivity contribution in [3.05, 3.63) is 0 Å². The van der Waals surface area contributed by atoms with Crippen LogP contribution in [0.3, 0.4) is 0 Å².